The molecular weight excluding hydrogens is 360 g/mol. The Bertz CT molecular complexity index is 753. The van der Waals surface area contributed by atoms with Crippen LogP contribution in [0.1, 0.15) is 23.6 Å². The van der Waals surface area contributed by atoms with Crippen LogP contribution in [0.15, 0.2) is 6.07 Å². The third-order valence-corrected chi connectivity index (χ3v) is 6.43. The highest BCUT2D eigenvalue weighted by Crippen LogP contribution is 2.48. The number of alkyl halides is 2. The lowest BCUT2D eigenvalue weighted by Gasteiger charge is -2.26. The Balaban J connectivity index is 1.80. The molecule has 0 N–H and O–H groups in total. The molecule has 0 aromatic carbocycles. The van der Waals surface area contributed by atoms with Gasteiger partial charge >= 0.3 is 0 Å². The highest BCUT2D eigenvalue weighted by atomic mass is 32.1. The van der Waals surface area contributed by atoms with Gasteiger partial charge in [0.05, 0.1) is 31.9 Å². The van der Waals surface area contributed by atoms with Crippen LogP contribution in [-0.4, -0.2) is 72.2 Å². The fourth-order valence-corrected chi connectivity index (χ4v) is 4.54. The van der Waals surface area contributed by atoms with Gasteiger partial charge in [0.25, 0.3) is 5.91 Å². The number of halogens is 2. The molecule has 2 atom stereocenters. The molecule has 0 bridgehead atoms. The Labute approximate surface area is 156 Å². The molecule has 0 radical (unpaired) electrons. The van der Waals surface area contributed by atoms with Crippen LogP contribution in [0.25, 0.3) is 0 Å². The van der Waals surface area contributed by atoms with Gasteiger partial charge in [0.2, 0.25) is 11.6 Å². The summed E-state index contributed by atoms with van der Waals surface area (Å²) in [5.74, 6) is -1.24. The Morgan fingerprint density at radius 2 is 1.96 bits per heavy atom. The standard InChI is InChI=1S/C18H25F2N3O2S/c1-11(2)21(5)7-15(24)22-8-17(19)9-23(16(25)18(17,20)10-22)14-6-12(3)26-13(14)4/h6,11H,7-10H2,1-5H3/t17-,18+/m0/s1. The fraction of sp³-hybridized carbons (Fsp3) is 0.667. The molecule has 1 aromatic rings. The monoisotopic (exact) mass is 385 g/mol. The molecule has 144 valence electrons. The molecule has 0 saturated carbocycles. The van der Waals surface area contributed by atoms with Gasteiger partial charge in [0.15, 0.2) is 5.67 Å². The number of likely N-dealkylation sites (N-methyl/N-ethyl adjacent to an activating group) is 1. The molecule has 0 aliphatic carbocycles. The van der Waals surface area contributed by atoms with Gasteiger partial charge in [-0.05, 0) is 40.8 Å². The van der Waals surface area contributed by atoms with Gasteiger partial charge in [-0.1, -0.05) is 0 Å². The molecule has 2 amide bonds. The predicted octanol–water partition coefficient (Wildman–Crippen LogP) is 2.31. The summed E-state index contributed by atoms with van der Waals surface area (Å²) >= 11 is 1.49. The summed E-state index contributed by atoms with van der Waals surface area (Å²) in [6.07, 6.45) is 0. The van der Waals surface area contributed by atoms with E-state index in [-0.39, 0.29) is 25.0 Å². The van der Waals surface area contributed by atoms with E-state index >= 15 is 8.78 Å². The van der Waals surface area contributed by atoms with E-state index in [1.54, 1.807) is 18.0 Å². The molecule has 2 fully saturated rings. The second kappa shape index (κ2) is 6.27. The Hall–Kier alpha value is -1.54. The highest BCUT2D eigenvalue weighted by molar-refractivity contribution is 7.12. The first-order chi connectivity index (χ1) is 12.0. The van der Waals surface area contributed by atoms with E-state index in [2.05, 4.69) is 0 Å². The summed E-state index contributed by atoms with van der Waals surface area (Å²) in [5.41, 5.74) is -4.49. The number of anilines is 1. The molecule has 2 aliphatic heterocycles. The summed E-state index contributed by atoms with van der Waals surface area (Å²) in [4.78, 5) is 31.2. The Morgan fingerprint density at radius 3 is 2.46 bits per heavy atom. The smallest absolute Gasteiger partial charge is 0.270 e. The summed E-state index contributed by atoms with van der Waals surface area (Å²) in [5, 5.41) is 0. The third kappa shape index (κ3) is 2.83. The Kier molecular flexibility index (Phi) is 4.63. The van der Waals surface area contributed by atoms with Crippen LogP contribution in [0.3, 0.4) is 0 Å². The number of hydrogen-bond donors (Lipinski definition) is 0. The van der Waals surface area contributed by atoms with Crippen LogP contribution in [0.5, 0.6) is 0 Å². The quantitative estimate of drug-likeness (QED) is 0.799. The lowest BCUT2D eigenvalue weighted by atomic mass is 9.93. The number of rotatable bonds is 4. The van der Waals surface area contributed by atoms with Crippen molar-refractivity contribution in [1.82, 2.24) is 9.80 Å². The largest absolute Gasteiger partial charge is 0.334 e. The molecular formula is C18H25F2N3O2S. The number of thiophene rings is 1. The first-order valence-corrected chi connectivity index (χ1v) is 9.55. The average Bonchev–Trinajstić information content (AvgIpc) is 3.07. The van der Waals surface area contributed by atoms with E-state index in [1.165, 1.54) is 16.2 Å². The zero-order valence-corrected chi connectivity index (χ0v) is 16.6. The summed E-state index contributed by atoms with van der Waals surface area (Å²) in [6, 6.07) is 1.92. The number of carbonyl (C=O) groups is 2. The van der Waals surface area contributed by atoms with Crippen molar-refractivity contribution in [1.29, 1.82) is 0 Å². The first-order valence-electron chi connectivity index (χ1n) is 8.73. The number of aryl methyl sites for hydroxylation is 2. The summed E-state index contributed by atoms with van der Waals surface area (Å²) in [7, 11) is 1.78. The van der Waals surface area contributed by atoms with Crippen molar-refractivity contribution in [2.45, 2.75) is 45.1 Å². The highest BCUT2D eigenvalue weighted by Gasteiger charge is 2.72. The van der Waals surface area contributed by atoms with Crippen LogP contribution in [-0.2, 0) is 9.59 Å². The van der Waals surface area contributed by atoms with Gasteiger partial charge < -0.3 is 9.80 Å². The van der Waals surface area contributed by atoms with Crippen molar-refractivity contribution in [3.8, 4) is 0 Å². The topological polar surface area (TPSA) is 43.9 Å². The number of carbonyl (C=O) groups excluding carboxylic acids is 2. The third-order valence-electron chi connectivity index (χ3n) is 5.48. The normalized spacial score (nSPS) is 28.6. The molecule has 2 aliphatic rings. The average molecular weight is 385 g/mol. The van der Waals surface area contributed by atoms with Crippen molar-refractivity contribution >= 4 is 28.8 Å². The maximum atomic E-state index is 15.5. The van der Waals surface area contributed by atoms with Crippen molar-refractivity contribution in [2.24, 2.45) is 0 Å². The zero-order chi connectivity index (χ0) is 19.4. The predicted molar refractivity (Wildman–Crippen MR) is 98.2 cm³/mol. The molecule has 3 heterocycles. The van der Waals surface area contributed by atoms with Crippen LogP contribution in [0, 0.1) is 13.8 Å². The van der Waals surface area contributed by atoms with Gasteiger partial charge in [-0.25, -0.2) is 8.78 Å². The molecule has 8 heteroatoms. The SMILES string of the molecule is Cc1cc(N2C[C@@]3(F)CN(C(=O)CN(C)C(C)C)C[C@@]3(F)C2=O)c(C)s1. The van der Waals surface area contributed by atoms with Gasteiger partial charge in [-0.2, -0.15) is 0 Å². The molecule has 3 rings (SSSR count). The van der Waals surface area contributed by atoms with E-state index in [0.29, 0.717) is 5.69 Å². The lowest BCUT2D eigenvalue weighted by Crippen LogP contribution is -2.48. The number of hydrogen-bond acceptors (Lipinski definition) is 4. The second-order valence-corrected chi connectivity index (χ2v) is 9.18. The van der Waals surface area contributed by atoms with E-state index < -0.39 is 30.3 Å². The van der Waals surface area contributed by atoms with Gasteiger partial charge in [-0.15, -0.1) is 11.3 Å². The maximum absolute atomic E-state index is 15.5. The fourth-order valence-electron chi connectivity index (χ4n) is 3.61. The number of likely N-dealkylation sites (tertiary alicyclic amines) is 1. The lowest BCUT2D eigenvalue weighted by molar-refractivity contribution is -0.133. The molecule has 5 nitrogen and oxygen atoms in total. The van der Waals surface area contributed by atoms with E-state index in [1.807, 2.05) is 27.7 Å². The minimum Gasteiger partial charge on any atom is -0.334 e. The van der Waals surface area contributed by atoms with Crippen molar-refractivity contribution in [2.75, 3.05) is 38.1 Å². The molecule has 0 spiro atoms. The van der Waals surface area contributed by atoms with Gasteiger partial charge in [0.1, 0.15) is 0 Å². The van der Waals surface area contributed by atoms with Gasteiger partial charge in [0, 0.05) is 15.8 Å². The minimum absolute atomic E-state index is 0.0740. The number of fused-ring (bicyclic) bond motifs is 1. The van der Waals surface area contributed by atoms with E-state index in [4.69, 9.17) is 0 Å². The van der Waals surface area contributed by atoms with Crippen LogP contribution in [0.4, 0.5) is 14.5 Å². The molecule has 2 saturated heterocycles. The number of amides is 2. The second-order valence-electron chi connectivity index (χ2n) is 7.71. The molecule has 0 unspecified atom stereocenters. The zero-order valence-electron chi connectivity index (χ0n) is 15.8. The summed E-state index contributed by atoms with van der Waals surface area (Å²) < 4.78 is 31.0. The Morgan fingerprint density at radius 1 is 1.31 bits per heavy atom. The van der Waals surface area contributed by atoms with Crippen molar-refractivity contribution in [3.63, 3.8) is 0 Å². The van der Waals surface area contributed by atoms with Crippen LogP contribution >= 0.6 is 11.3 Å². The van der Waals surface area contributed by atoms with Crippen LogP contribution in [0.2, 0.25) is 0 Å². The first kappa shape index (κ1) is 19.2. The summed E-state index contributed by atoms with van der Waals surface area (Å²) in [6.45, 7) is 6.41. The minimum atomic E-state index is -2.68. The van der Waals surface area contributed by atoms with Gasteiger partial charge in [-0.3, -0.25) is 14.5 Å². The van der Waals surface area contributed by atoms with Crippen molar-refractivity contribution < 1.29 is 18.4 Å². The van der Waals surface area contributed by atoms with E-state index in [9.17, 15) is 9.59 Å². The molecule has 26 heavy (non-hydrogen) atoms. The number of nitrogens with zero attached hydrogens (tertiary/aromatic N) is 3. The maximum Gasteiger partial charge on any atom is 0.270 e. The molecule has 1 aromatic heterocycles. The van der Waals surface area contributed by atoms with Crippen molar-refractivity contribution in [3.05, 3.63) is 15.8 Å². The van der Waals surface area contributed by atoms with Crippen LogP contribution < -0.4 is 4.90 Å². The van der Waals surface area contributed by atoms with E-state index in [0.717, 1.165) is 14.7 Å².